The van der Waals surface area contributed by atoms with Crippen molar-refractivity contribution in [1.82, 2.24) is 15.5 Å². The molecule has 1 aliphatic heterocycles. The van der Waals surface area contributed by atoms with Crippen LogP contribution in [0, 0.1) is 10.1 Å². The van der Waals surface area contributed by atoms with Crippen LogP contribution in [0.3, 0.4) is 0 Å². The molecule has 0 bridgehead atoms. The van der Waals surface area contributed by atoms with Gasteiger partial charge in [-0.25, -0.2) is 0 Å². The van der Waals surface area contributed by atoms with Gasteiger partial charge in [0, 0.05) is 50.9 Å². The molecule has 162 valence electrons. The minimum atomic E-state index is -0.464. The van der Waals surface area contributed by atoms with E-state index in [1.807, 2.05) is 30.3 Å². The van der Waals surface area contributed by atoms with Gasteiger partial charge in [-0.1, -0.05) is 30.3 Å². The van der Waals surface area contributed by atoms with Crippen molar-refractivity contribution in [3.05, 3.63) is 69.8 Å². The minimum Gasteiger partial charge on any atom is -0.375 e. The van der Waals surface area contributed by atoms with Gasteiger partial charge < -0.3 is 20.9 Å². The summed E-state index contributed by atoms with van der Waals surface area (Å²) in [6.07, 6.45) is 0.852. The van der Waals surface area contributed by atoms with Crippen LogP contribution in [0.5, 0.6) is 0 Å². The third-order valence-electron chi connectivity index (χ3n) is 4.93. The van der Waals surface area contributed by atoms with Gasteiger partial charge in [0.15, 0.2) is 0 Å². The van der Waals surface area contributed by atoms with Crippen LogP contribution >= 0.6 is 12.4 Å². The maximum atomic E-state index is 12.4. The zero-order valence-electron chi connectivity index (χ0n) is 16.8. The number of amides is 1. The van der Waals surface area contributed by atoms with E-state index in [0.717, 1.165) is 44.7 Å². The number of nitro benzene ring substituents is 1. The van der Waals surface area contributed by atoms with Crippen molar-refractivity contribution in [1.29, 1.82) is 0 Å². The first kappa shape index (κ1) is 23.6. The summed E-state index contributed by atoms with van der Waals surface area (Å²) in [5.41, 5.74) is 1.61. The topological polar surface area (TPSA) is 99.5 Å². The Morgan fingerprint density at radius 2 is 1.87 bits per heavy atom. The summed E-state index contributed by atoms with van der Waals surface area (Å²) in [6, 6.07) is 14.2. The van der Waals surface area contributed by atoms with Crippen molar-refractivity contribution < 1.29 is 9.72 Å². The summed E-state index contributed by atoms with van der Waals surface area (Å²) in [7, 11) is 0. The molecule has 3 rings (SSSR count). The molecule has 1 heterocycles. The molecule has 0 spiro atoms. The Hall–Kier alpha value is -2.68. The van der Waals surface area contributed by atoms with Gasteiger partial charge in [0.2, 0.25) is 0 Å². The number of hydrogen-bond acceptors (Lipinski definition) is 6. The highest BCUT2D eigenvalue weighted by atomic mass is 35.5. The first-order chi connectivity index (χ1) is 14.1. The first-order valence-electron chi connectivity index (χ1n) is 9.91. The van der Waals surface area contributed by atoms with Crippen LogP contribution in [-0.4, -0.2) is 55.0 Å². The predicted octanol–water partition coefficient (Wildman–Crippen LogP) is 2.65. The van der Waals surface area contributed by atoms with Gasteiger partial charge in [0.05, 0.1) is 4.92 Å². The van der Waals surface area contributed by atoms with E-state index in [1.54, 1.807) is 12.1 Å². The number of benzene rings is 2. The standard InChI is InChI=1S/C21H27N5O3.ClH/c27-21(23-9-4-12-25-13-10-22-11-14-25)18-7-8-19(20(15-18)26(28)29)24-16-17-5-2-1-3-6-17;/h1-3,5-8,15,22,24H,4,9-14,16H2,(H,23,27);1H. The Kier molecular flexibility index (Phi) is 9.53. The lowest BCUT2D eigenvalue weighted by Gasteiger charge is -2.27. The van der Waals surface area contributed by atoms with Crippen LogP contribution in [0.4, 0.5) is 11.4 Å². The third-order valence-corrected chi connectivity index (χ3v) is 4.93. The molecule has 2 aromatic carbocycles. The normalized spacial score (nSPS) is 13.9. The van der Waals surface area contributed by atoms with E-state index in [0.29, 0.717) is 24.3 Å². The van der Waals surface area contributed by atoms with Crippen molar-refractivity contribution in [3.63, 3.8) is 0 Å². The number of anilines is 1. The lowest BCUT2D eigenvalue weighted by molar-refractivity contribution is -0.384. The highest BCUT2D eigenvalue weighted by Gasteiger charge is 2.17. The van der Waals surface area contributed by atoms with Crippen LogP contribution in [-0.2, 0) is 6.54 Å². The quantitative estimate of drug-likeness (QED) is 0.319. The van der Waals surface area contributed by atoms with Crippen molar-refractivity contribution >= 4 is 29.7 Å². The molecule has 8 nitrogen and oxygen atoms in total. The monoisotopic (exact) mass is 433 g/mol. The second-order valence-corrected chi connectivity index (χ2v) is 7.03. The predicted molar refractivity (Wildman–Crippen MR) is 120 cm³/mol. The van der Waals surface area contributed by atoms with Gasteiger partial charge in [-0.15, -0.1) is 12.4 Å². The number of halogens is 1. The molecule has 0 unspecified atom stereocenters. The number of piperazine rings is 1. The summed E-state index contributed by atoms with van der Waals surface area (Å²) < 4.78 is 0. The number of hydrogen-bond donors (Lipinski definition) is 3. The van der Waals surface area contributed by atoms with Crippen molar-refractivity contribution in [3.8, 4) is 0 Å². The zero-order chi connectivity index (χ0) is 20.5. The lowest BCUT2D eigenvalue weighted by atomic mass is 10.1. The number of nitrogens with zero attached hydrogens (tertiary/aromatic N) is 2. The number of nitrogens with one attached hydrogen (secondary N) is 3. The van der Waals surface area contributed by atoms with E-state index >= 15 is 0 Å². The Labute approximate surface area is 182 Å². The molecule has 3 N–H and O–H groups in total. The Morgan fingerprint density at radius 1 is 1.13 bits per heavy atom. The maximum absolute atomic E-state index is 12.4. The summed E-state index contributed by atoms with van der Waals surface area (Å²) in [5.74, 6) is -0.289. The first-order valence-corrected chi connectivity index (χ1v) is 9.91. The number of rotatable bonds is 9. The smallest absolute Gasteiger partial charge is 0.293 e. The Bertz CT molecular complexity index is 829. The summed E-state index contributed by atoms with van der Waals surface area (Å²) in [5, 5.41) is 20.7. The zero-order valence-corrected chi connectivity index (χ0v) is 17.6. The number of nitro groups is 1. The van der Waals surface area contributed by atoms with Gasteiger partial charge in [0.1, 0.15) is 5.69 Å². The molecule has 1 fully saturated rings. The molecule has 9 heteroatoms. The maximum Gasteiger partial charge on any atom is 0.293 e. The van der Waals surface area contributed by atoms with Crippen LogP contribution < -0.4 is 16.0 Å². The second-order valence-electron chi connectivity index (χ2n) is 7.03. The van der Waals surface area contributed by atoms with E-state index in [1.165, 1.54) is 6.07 Å². The van der Waals surface area contributed by atoms with E-state index < -0.39 is 4.92 Å². The molecule has 1 saturated heterocycles. The minimum absolute atomic E-state index is 0. The Morgan fingerprint density at radius 3 is 2.57 bits per heavy atom. The molecule has 0 saturated carbocycles. The SMILES string of the molecule is Cl.O=C(NCCCN1CCNCC1)c1ccc(NCc2ccccc2)c([N+](=O)[O-])c1. The largest absolute Gasteiger partial charge is 0.375 e. The van der Waals surface area contributed by atoms with Crippen LogP contribution in [0.15, 0.2) is 48.5 Å². The van der Waals surface area contributed by atoms with Gasteiger partial charge in [0.25, 0.3) is 11.6 Å². The van der Waals surface area contributed by atoms with E-state index in [-0.39, 0.29) is 24.0 Å². The average molecular weight is 434 g/mol. The lowest BCUT2D eigenvalue weighted by Crippen LogP contribution is -2.44. The van der Waals surface area contributed by atoms with Crippen molar-refractivity contribution in [2.24, 2.45) is 0 Å². The summed E-state index contributed by atoms with van der Waals surface area (Å²) in [4.78, 5) is 25.7. The fourth-order valence-electron chi connectivity index (χ4n) is 3.31. The van der Waals surface area contributed by atoms with Crippen LogP contribution in [0.1, 0.15) is 22.3 Å². The van der Waals surface area contributed by atoms with Crippen LogP contribution in [0.25, 0.3) is 0 Å². The molecule has 0 atom stereocenters. The highest BCUT2D eigenvalue weighted by Crippen LogP contribution is 2.26. The second kappa shape index (κ2) is 12.1. The van der Waals surface area contributed by atoms with E-state index in [9.17, 15) is 14.9 Å². The molecule has 0 aromatic heterocycles. The molecule has 1 amide bonds. The fraction of sp³-hybridized carbons (Fsp3) is 0.381. The number of carbonyl (C=O) groups excluding carboxylic acids is 1. The molecular weight excluding hydrogens is 406 g/mol. The molecule has 30 heavy (non-hydrogen) atoms. The highest BCUT2D eigenvalue weighted by molar-refractivity contribution is 5.95. The molecule has 2 aromatic rings. The number of carbonyl (C=O) groups is 1. The fourth-order valence-corrected chi connectivity index (χ4v) is 3.31. The molecule has 1 aliphatic rings. The molecule has 0 aliphatic carbocycles. The summed E-state index contributed by atoms with van der Waals surface area (Å²) >= 11 is 0. The van der Waals surface area contributed by atoms with E-state index in [4.69, 9.17) is 0 Å². The van der Waals surface area contributed by atoms with Gasteiger partial charge in [-0.3, -0.25) is 14.9 Å². The van der Waals surface area contributed by atoms with Gasteiger partial charge in [-0.05, 0) is 30.7 Å². The Balaban J connectivity index is 0.00000320. The van der Waals surface area contributed by atoms with E-state index in [2.05, 4.69) is 20.9 Å². The van der Waals surface area contributed by atoms with Gasteiger partial charge >= 0.3 is 0 Å². The summed E-state index contributed by atoms with van der Waals surface area (Å²) in [6.45, 7) is 6.00. The molecule has 0 radical (unpaired) electrons. The van der Waals surface area contributed by atoms with Crippen molar-refractivity contribution in [2.75, 3.05) is 44.6 Å². The van der Waals surface area contributed by atoms with Crippen LogP contribution in [0.2, 0.25) is 0 Å². The molecular formula is C21H28ClN5O3. The van der Waals surface area contributed by atoms with Crippen molar-refractivity contribution in [2.45, 2.75) is 13.0 Å². The van der Waals surface area contributed by atoms with Gasteiger partial charge in [-0.2, -0.15) is 0 Å². The third kappa shape index (κ3) is 6.98. The average Bonchev–Trinajstić information content (AvgIpc) is 2.76.